The number of para-hydroxylation sites is 1. The van der Waals surface area contributed by atoms with Crippen molar-refractivity contribution in [3.8, 4) is 11.5 Å². The van der Waals surface area contributed by atoms with Crippen molar-refractivity contribution >= 4 is 45.3 Å². The number of rotatable bonds is 6. The number of amides is 2. The molecule has 1 N–H and O–H groups in total. The second kappa shape index (κ2) is 9.09. The van der Waals surface area contributed by atoms with Crippen LogP contribution in [0.2, 0.25) is 0 Å². The van der Waals surface area contributed by atoms with Gasteiger partial charge in [0.25, 0.3) is 0 Å². The molecule has 0 aliphatic carbocycles. The molecule has 0 spiro atoms. The van der Waals surface area contributed by atoms with Crippen LogP contribution in [-0.4, -0.2) is 47.5 Å². The summed E-state index contributed by atoms with van der Waals surface area (Å²) in [6.07, 6.45) is -0.524. The molecule has 1 aromatic heterocycles. The first-order valence-corrected chi connectivity index (χ1v) is 12.6. The van der Waals surface area contributed by atoms with E-state index in [4.69, 9.17) is 14.2 Å². The first-order chi connectivity index (χ1) is 18.5. The van der Waals surface area contributed by atoms with Gasteiger partial charge in [-0.15, -0.1) is 0 Å². The molecule has 2 aliphatic rings. The first kappa shape index (κ1) is 23.8. The number of aryl methyl sites for hydroxylation is 1. The van der Waals surface area contributed by atoms with E-state index in [0.717, 1.165) is 28.4 Å². The Morgan fingerprint density at radius 3 is 2.58 bits per heavy atom. The van der Waals surface area contributed by atoms with Gasteiger partial charge in [-0.2, -0.15) is 0 Å². The summed E-state index contributed by atoms with van der Waals surface area (Å²) < 4.78 is 18.6. The van der Waals surface area contributed by atoms with Gasteiger partial charge >= 0.3 is 5.97 Å². The zero-order valence-electron chi connectivity index (χ0n) is 21.3. The summed E-state index contributed by atoms with van der Waals surface area (Å²) in [6, 6.07) is 16.5. The maximum atomic E-state index is 13.5. The number of methoxy groups -OCH3 is 2. The fourth-order valence-corrected chi connectivity index (χ4v) is 5.74. The molecular formula is C29H27N3O6. The molecule has 2 atom stereocenters. The van der Waals surface area contributed by atoms with Gasteiger partial charge < -0.3 is 24.1 Å². The molecular weight excluding hydrogens is 486 g/mol. The second-order valence-corrected chi connectivity index (χ2v) is 9.36. The number of nitrogens with one attached hydrogen (secondary N) is 1. The number of cyclic esters (lactones) is 1. The number of hydrogen-bond acceptors (Lipinski definition) is 6. The maximum Gasteiger partial charge on any atom is 0.344 e. The Morgan fingerprint density at radius 1 is 1.03 bits per heavy atom. The molecule has 194 valence electrons. The van der Waals surface area contributed by atoms with Crippen molar-refractivity contribution < 1.29 is 28.6 Å². The lowest BCUT2D eigenvalue weighted by Crippen LogP contribution is -2.43. The molecule has 3 aromatic carbocycles. The Bertz CT molecular complexity index is 1620. The highest BCUT2D eigenvalue weighted by molar-refractivity contribution is 6.10. The van der Waals surface area contributed by atoms with E-state index in [9.17, 15) is 14.4 Å². The van der Waals surface area contributed by atoms with Gasteiger partial charge in [0.15, 0.2) is 11.5 Å². The number of nitrogens with zero attached hydrogens (tertiary/aromatic N) is 2. The average Bonchev–Trinajstić information content (AvgIpc) is 3.58. The molecule has 0 unspecified atom stereocenters. The van der Waals surface area contributed by atoms with Crippen LogP contribution in [-0.2, 0) is 20.9 Å². The summed E-state index contributed by atoms with van der Waals surface area (Å²) in [7, 11) is 2.91. The molecule has 3 heterocycles. The van der Waals surface area contributed by atoms with Gasteiger partial charge in [-0.05, 0) is 49.7 Å². The lowest BCUT2D eigenvalue weighted by atomic mass is 10.0. The molecule has 2 aliphatic heterocycles. The molecule has 1 fully saturated rings. The topological polar surface area (TPSA) is 99.1 Å². The minimum absolute atomic E-state index is 0.178. The van der Waals surface area contributed by atoms with Crippen molar-refractivity contribution in [2.75, 3.05) is 19.5 Å². The Labute approximate surface area is 218 Å². The largest absolute Gasteiger partial charge is 0.493 e. The Kier molecular flexibility index (Phi) is 5.71. The highest BCUT2D eigenvalue weighted by Crippen LogP contribution is 2.45. The predicted octanol–water partition coefficient (Wildman–Crippen LogP) is 4.63. The van der Waals surface area contributed by atoms with Gasteiger partial charge in [0.2, 0.25) is 18.0 Å². The van der Waals surface area contributed by atoms with Crippen LogP contribution in [0.25, 0.3) is 21.8 Å². The van der Waals surface area contributed by atoms with Crippen molar-refractivity contribution in [1.82, 2.24) is 9.47 Å². The lowest BCUT2D eigenvalue weighted by Gasteiger charge is -2.29. The van der Waals surface area contributed by atoms with Gasteiger partial charge in [0.1, 0.15) is 11.6 Å². The van der Waals surface area contributed by atoms with Crippen molar-refractivity contribution in [3.63, 3.8) is 0 Å². The highest BCUT2D eigenvalue weighted by atomic mass is 16.6. The maximum absolute atomic E-state index is 13.5. The number of esters is 1. The lowest BCUT2D eigenvalue weighted by molar-refractivity contribution is -0.144. The standard InChI is InChI=1S/C29H27N3O6/c1-4-31-20-8-6-5-7-17(20)19-15-16(9-11-21(19)31)30-27(34)22-12-14-24(33)32(22)28-18-10-13-23(36-2)26(37-3)25(18)29(35)38-28/h5-11,13,15,22,28H,4,12,14H2,1-3H3,(H,30,34)/t22-,28+/m1/s1. The van der Waals surface area contributed by atoms with Crippen LogP contribution in [0.5, 0.6) is 11.5 Å². The van der Waals surface area contributed by atoms with Crippen LogP contribution in [0.4, 0.5) is 5.69 Å². The Balaban J connectivity index is 1.32. The van der Waals surface area contributed by atoms with Crippen molar-refractivity contribution in [2.24, 2.45) is 0 Å². The number of hydrogen-bond donors (Lipinski definition) is 1. The van der Waals surface area contributed by atoms with E-state index in [1.165, 1.54) is 19.1 Å². The summed E-state index contributed by atoms with van der Waals surface area (Å²) in [5.41, 5.74) is 3.53. The molecule has 0 saturated carbocycles. The average molecular weight is 514 g/mol. The number of aromatic nitrogens is 1. The third-order valence-electron chi connectivity index (χ3n) is 7.43. The molecule has 1 saturated heterocycles. The van der Waals surface area contributed by atoms with E-state index in [1.54, 1.807) is 12.1 Å². The molecule has 9 nitrogen and oxygen atoms in total. The molecule has 6 rings (SSSR count). The molecule has 2 amide bonds. The molecule has 9 heteroatoms. The van der Waals surface area contributed by atoms with Crippen LogP contribution in [0.15, 0.2) is 54.6 Å². The predicted molar refractivity (Wildman–Crippen MR) is 141 cm³/mol. The fraction of sp³-hybridized carbons (Fsp3) is 0.276. The second-order valence-electron chi connectivity index (χ2n) is 9.36. The smallest absolute Gasteiger partial charge is 0.344 e. The van der Waals surface area contributed by atoms with E-state index in [-0.39, 0.29) is 29.5 Å². The van der Waals surface area contributed by atoms with Gasteiger partial charge in [0.05, 0.1) is 14.2 Å². The minimum atomic E-state index is -1.02. The fourth-order valence-electron chi connectivity index (χ4n) is 5.74. The van der Waals surface area contributed by atoms with Crippen molar-refractivity contribution in [3.05, 3.63) is 65.7 Å². The minimum Gasteiger partial charge on any atom is -0.493 e. The summed E-state index contributed by atoms with van der Waals surface area (Å²) in [4.78, 5) is 40.7. The summed E-state index contributed by atoms with van der Waals surface area (Å²) >= 11 is 0. The zero-order chi connectivity index (χ0) is 26.6. The zero-order valence-corrected chi connectivity index (χ0v) is 21.3. The Hall–Kier alpha value is -4.53. The first-order valence-electron chi connectivity index (χ1n) is 12.6. The Morgan fingerprint density at radius 2 is 1.82 bits per heavy atom. The number of fused-ring (bicyclic) bond motifs is 4. The molecule has 38 heavy (non-hydrogen) atoms. The van der Waals surface area contributed by atoms with Crippen LogP contribution in [0, 0.1) is 0 Å². The highest BCUT2D eigenvalue weighted by Gasteiger charge is 2.47. The molecule has 0 bridgehead atoms. The quantitative estimate of drug-likeness (QED) is 0.378. The van der Waals surface area contributed by atoms with Crippen LogP contribution < -0.4 is 14.8 Å². The number of benzene rings is 3. The normalized spacial score (nSPS) is 18.7. The van der Waals surface area contributed by atoms with Gasteiger partial charge in [0, 0.05) is 46.0 Å². The van der Waals surface area contributed by atoms with Gasteiger partial charge in [-0.3, -0.25) is 14.5 Å². The van der Waals surface area contributed by atoms with Crippen molar-refractivity contribution in [2.45, 2.75) is 38.6 Å². The number of ether oxygens (including phenoxy) is 3. The molecule has 4 aromatic rings. The SMILES string of the molecule is CCn1c2ccccc2c2cc(NC(=O)[C@H]3CCC(=O)N3[C@H]3OC(=O)c4c3ccc(OC)c4OC)ccc21. The summed E-state index contributed by atoms with van der Waals surface area (Å²) in [6.45, 7) is 2.93. The third kappa shape index (κ3) is 3.49. The van der Waals surface area contributed by atoms with Gasteiger partial charge in [-0.1, -0.05) is 18.2 Å². The van der Waals surface area contributed by atoms with Crippen LogP contribution in [0.3, 0.4) is 0 Å². The van der Waals surface area contributed by atoms with E-state index in [0.29, 0.717) is 23.4 Å². The third-order valence-corrected chi connectivity index (χ3v) is 7.43. The monoisotopic (exact) mass is 513 g/mol. The number of carbonyl (C=O) groups excluding carboxylic acids is 3. The van der Waals surface area contributed by atoms with E-state index in [1.807, 2.05) is 30.3 Å². The van der Waals surface area contributed by atoms with E-state index < -0.39 is 18.2 Å². The number of anilines is 1. The van der Waals surface area contributed by atoms with Crippen molar-refractivity contribution in [1.29, 1.82) is 0 Å². The number of likely N-dealkylation sites (tertiary alicyclic amines) is 1. The summed E-state index contributed by atoms with van der Waals surface area (Å²) in [5.74, 6) is -0.598. The summed E-state index contributed by atoms with van der Waals surface area (Å²) in [5, 5.41) is 5.14. The van der Waals surface area contributed by atoms with E-state index >= 15 is 0 Å². The molecule has 0 radical (unpaired) electrons. The van der Waals surface area contributed by atoms with Crippen LogP contribution >= 0.6 is 0 Å². The van der Waals surface area contributed by atoms with Crippen LogP contribution in [0.1, 0.15) is 41.9 Å². The van der Waals surface area contributed by atoms with Gasteiger partial charge in [-0.25, -0.2) is 4.79 Å². The van der Waals surface area contributed by atoms with E-state index in [2.05, 4.69) is 28.9 Å². The number of carbonyl (C=O) groups is 3.